The lowest BCUT2D eigenvalue weighted by Gasteiger charge is -2.38. The molecule has 0 radical (unpaired) electrons. The van der Waals surface area contributed by atoms with Crippen LogP contribution in [0, 0.1) is 17.3 Å². The normalized spacial score (nSPS) is 19.4. The molecule has 9 heteroatoms. The molecule has 1 aliphatic carbocycles. The van der Waals surface area contributed by atoms with Crippen molar-refractivity contribution in [1.82, 2.24) is 14.3 Å². The van der Waals surface area contributed by atoms with E-state index in [2.05, 4.69) is 36.1 Å². The Bertz CT molecular complexity index is 1030. The lowest BCUT2D eigenvalue weighted by Crippen LogP contribution is -2.37. The van der Waals surface area contributed by atoms with Crippen molar-refractivity contribution >= 4 is 21.8 Å². The van der Waals surface area contributed by atoms with Gasteiger partial charge in [-0.2, -0.15) is 4.31 Å². The van der Waals surface area contributed by atoms with Gasteiger partial charge in [0.2, 0.25) is 10.0 Å². The van der Waals surface area contributed by atoms with E-state index in [1.807, 2.05) is 0 Å². The summed E-state index contributed by atoms with van der Waals surface area (Å²) in [6.07, 6.45) is 7.11. The van der Waals surface area contributed by atoms with E-state index in [-0.39, 0.29) is 29.3 Å². The number of nitrogens with zero attached hydrogens (tertiary/aromatic N) is 3. The molecule has 0 aromatic carbocycles. The van der Waals surface area contributed by atoms with E-state index >= 15 is 0 Å². The van der Waals surface area contributed by atoms with Crippen molar-refractivity contribution in [3.63, 3.8) is 0 Å². The van der Waals surface area contributed by atoms with Crippen LogP contribution in [0.3, 0.4) is 0 Å². The summed E-state index contributed by atoms with van der Waals surface area (Å²) in [5.74, 6) is 0.340. The Morgan fingerprint density at radius 3 is 2.48 bits per heavy atom. The Morgan fingerprint density at radius 1 is 1.15 bits per heavy atom. The van der Waals surface area contributed by atoms with Gasteiger partial charge in [-0.1, -0.05) is 26.8 Å². The highest BCUT2D eigenvalue weighted by molar-refractivity contribution is 7.89. The first-order valence-electron chi connectivity index (χ1n) is 11.4. The minimum Gasteiger partial charge on any atom is -0.480 e. The standard InChI is InChI=1S/C24H34N4O4S/c1-24(2,3)19-11-9-18(10-12-19)16-28(33(31,32)21-7-5-13-25-14-21)17-20-6-4-8-22(27-20)26-15-23(29)30/h4-8,13-14,18-19H,9-12,15-17H2,1-3H3,(H,26,27)(H,29,30). The van der Waals surface area contributed by atoms with E-state index in [0.29, 0.717) is 24.0 Å². The molecule has 0 amide bonds. The number of aromatic nitrogens is 2. The summed E-state index contributed by atoms with van der Waals surface area (Å²) >= 11 is 0. The third-order valence-corrected chi connectivity index (χ3v) is 8.17. The molecular formula is C24H34N4O4S. The topological polar surface area (TPSA) is 112 Å². The SMILES string of the molecule is CC(C)(C)C1CCC(CN(Cc2cccc(NCC(=O)O)n2)S(=O)(=O)c2cccnc2)CC1. The summed E-state index contributed by atoms with van der Waals surface area (Å²) in [6, 6.07) is 8.35. The number of hydrogen-bond acceptors (Lipinski definition) is 6. The summed E-state index contributed by atoms with van der Waals surface area (Å²) < 4.78 is 28.5. The van der Waals surface area contributed by atoms with Crippen molar-refractivity contribution in [3.05, 3.63) is 48.4 Å². The van der Waals surface area contributed by atoms with Crippen LogP contribution < -0.4 is 5.32 Å². The lowest BCUT2D eigenvalue weighted by molar-refractivity contribution is -0.134. The van der Waals surface area contributed by atoms with Crippen LogP contribution in [-0.4, -0.2) is 46.9 Å². The molecule has 2 N–H and O–H groups in total. The first-order valence-corrected chi connectivity index (χ1v) is 12.8. The van der Waals surface area contributed by atoms with E-state index in [9.17, 15) is 13.2 Å². The minimum atomic E-state index is -3.76. The molecule has 1 saturated carbocycles. The van der Waals surface area contributed by atoms with Crippen LogP contribution in [0.1, 0.15) is 52.1 Å². The second-order valence-electron chi connectivity index (χ2n) is 9.83. The predicted octanol–water partition coefficient (Wildman–Crippen LogP) is 4.02. The molecular weight excluding hydrogens is 440 g/mol. The number of anilines is 1. The van der Waals surface area contributed by atoms with Gasteiger partial charge in [0.25, 0.3) is 0 Å². The Kier molecular flexibility index (Phi) is 8.07. The van der Waals surface area contributed by atoms with Crippen molar-refractivity contribution < 1.29 is 18.3 Å². The molecule has 33 heavy (non-hydrogen) atoms. The molecule has 0 aliphatic heterocycles. The zero-order chi connectivity index (χ0) is 24.1. The summed E-state index contributed by atoms with van der Waals surface area (Å²) in [5, 5.41) is 11.6. The van der Waals surface area contributed by atoms with E-state index < -0.39 is 16.0 Å². The lowest BCUT2D eigenvalue weighted by atomic mass is 9.70. The van der Waals surface area contributed by atoms with Gasteiger partial charge in [0.05, 0.1) is 12.2 Å². The molecule has 0 atom stereocenters. The summed E-state index contributed by atoms with van der Waals surface area (Å²) in [6.45, 7) is 7.09. The fourth-order valence-corrected chi connectivity index (χ4v) is 5.86. The Balaban J connectivity index is 1.80. The van der Waals surface area contributed by atoms with Gasteiger partial charge in [0.15, 0.2) is 0 Å². The van der Waals surface area contributed by atoms with Crippen LogP contribution in [0.2, 0.25) is 0 Å². The molecule has 0 saturated heterocycles. The van der Waals surface area contributed by atoms with Crippen LogP contribution in [0.15, 0.2) is 47.6 Å². The third kappa shape index (κ3) is 6.98. The fourth-order valence-electron chi connectivity index (χ4n) is 4.41. The Labute approximate surface area is 196 Å². The smallest absolute Gasteiger partial charge is 0.322 e. The number of carboxylic acids is 1. The predicted molar refractivity (Wildman–Crippen MR) is 127 cm³/mol. The highest BCUT2D eigenvalue weighted by Gasteiger charge is 2.33. The van der Waals surface area contributed by atoms with Crippen LogP contribution >= 0.6 is 0 Å². The summed E-state index contributed by atoms with van der Waals surface area (Å²) in [4.78, 5) is 19.4. The maximum absolute atomic E-state index is 13.5. The van der Waals surface area contributed by atoms with Crippen molar-refractivity contribution in [2.75, 3.05) is 18.4 Å². The molecule has 2 aromatic rings. The molecule has 3 rings (SSSR count). The molecule has 0 unspecified atom stereocenters. The maximum Gasteiger partial charge on any atom is 0.322 e. The van der Waals surface area contributed by atoms with Crippen molar-refractivity contribution in [1.29, 1.82) is 0 Å². The van der Waals surface area contributed by atoms with Gasteiger partial charge < -0.3 is 10.4 Å². The van der Waals surface area contributed by atoms with Crippen LogP contribution in [0.5, 0.6) is 0 Å². The number of carbonyl (C=O) groups is 1. The van der Waals surface area contributed by atoms with Gasteiger partial charge in [-0.15, -0.1) is 0 Å². The number of aliphatic carboxylic acids is 1. The van der Waals surface area contributed by atoms with Crippen LogP contribution in [0.4, 0.5) is 5.82 Å². The molecule has 2 aromatic heterocycles. The van der Waals surface area contributed by atoms with Gasteiger partial charge in [0.1, 0.15) is 17.3 Å². The number of pyridine rings is 2. The summed E-state index contributed by atoms with van der Waals surface area (Å²) in [5.41, 5.74) is 0.820. The van der Waals surface area contributed by atoms with Crippen molar-refractivity contribution in [2.24, 2.45) is 17.3 Å². The van der Waals surface area contributed by atoms with Crippen LogP contribution in [0.25, 0.3) is 0 Å². The van der Waals surface area contributed by atoms with E-state index in [1.54, 1.807) is 36.5 Å². The zero-order valence-electron chi connectivity index (χ0n) is 19.6. The fraction of sp³-hybridized carbons (Fsp3) is 0.542. The van der Waals surface area contributed by atoms with Gasteiger partial charge in [-0.05, 0) is 67.2 Å². The molecule has 0 spiro atoms. The summed E-state index contributed by atoms with van der Waals surface area (Å²) in [7, 11) is -3.76. The molecule has 2 heterocycles. The molecule has 0 bridgehead atoms. The van der Waals surface area contributed by atoms with Crippen LogP contribution in [-0.2, 0) is 21.4 Å². The van der Waals surface area contributed by atoms with Gasteiger partial charge in [0, 0.05) is 18.9 Å². The molecule has 8 nitrogen and oxygen atoms in total. The van der Waals surface area contributed by atoms with Crippen molar-refractivity contribution in [3.8, 4) is 0 Å². The van der Waals surface area contributed by atoms with E-state index in [0.717, 1.165) is 25.7 Å². The minimum absolute atomic E-state index is 0.110. The van der Waals surface area contributed by atoms with Gasteiger partial charge in [-0.25, -0.2) is 13.4 Å². The number of nitrogens with one attached hydrogen (secondary N) is 1. The van der Waals surface area contributed by atoms with Crippen molar-refractivity contribution in [2.45, 2.75) is 57.9 Å². The first-order chi connectivity index (χ1) is 15.6. The average molecular weight is 475 g/mol. The largest absolute Gasteiger partial charge is 0.480 e. The van der Waals surface area contributed by atoms with Gasteiger partial charge >= 0.3 is 5.97 Å². The Morgan fingerprint density at radius 2 is 1.88 bits per heavy atom. The highest BCUT2D eigenvalue weighted by Crippen LogP contribution is 2.40. The van der Waals surface area contributed by atoms with Gasteiger partial charge in [-0.3, -0.25) is 9.78 Å². The second-order valence-corrected chi connectivity index (χ2v) is 11.8. The third-order valence-electron chi connectivity index (χ3n) is 6.37. The second kappa shape index (κ2) is 10.6. The Hall–Kier alpha value is -2.52. The molecule has 1 fully saturated rings. The number of hydrogen-bond donors (Lipinski definition) is 2. The molecule has 1 aliphatic rings. The number of carboxylic acid groups (broad SMARTS) is 1. The highest BCUT2D eigenvalue weighted by atomic mass is 32.2. The van der Waals surface area contributed by atoms with E-state index in [4.69, 9.17) is 5.11 Å². The molecule has 180 valence electrons. The van der Waals surface area contributed by atoms with E-state index in [1.165, 1.54) is 10.5 Å². The monoisotopic (exact) mass is 474 g/mol. The quantitative estimate of drug-likeness (QED) is 0.564. The number of sulfonamides is 1. The first kappa shape index (κ1) is 25.1. The zero-order valence-corrected chi connectivity index (χ0v) is 20.4. The average Bonchev–Trinajstić information content (AvgIpc) is 2.78. The number of rotatable bonds is 9. The maximum atomic E-state index is 13.5.